The molecule has 1 heterocycles. The lowest BCUT2D eigenvalue weighted by atomic mass is 9.69. The zero-order valence-corrected chi connectivity index (χ0v) is 9.91. The predicted octanol–water partition coefficient (Wildman–Crippen LogP) is 0.927. The van der Waals surface area contributed by atoms with Crippen LogP contribution in [0.5, 0.6) is 0 Å². The fourth-order valence-corrected chi connectivity index (χ4v) is 2.42. The lowest BCUT2D eigenvalue weighted by molar-refractivity contribution is -0.154. The summed E-state index contributed by atoms with van der Waals surface area (Å²) in [7, 11) is 0. The van der Waals surface area contributed by atoms with Gasteiger partial charge in [0, 0.05) is 13.2 Å². The third-order valence-corrected chi connectivity index (χ3v) is 3.83. The van der Waals surface area contributed by atoms with Gasteiger partial charge in [0.15, 0.2) is 0 Å². The van der Waals surface area contributed by atoms with E-state index in [-0.39, 0.29) is 18.6 Å². The molecule has 0 radical (unpaired) electrons. The number of rotatable bonds is 5. The van der Waals surface area contributed by atoms with Gasteiger partial charge in [-0.15, -0.1) is 0 Å². The highest BCUT2D eigenvalue weighted by Gasteiger charge is 2.44. The Bertz CT molecular complexity index is 306. The molecule has 1 atom stereocenters. The number of aliphatic carboxylic acids is 1. The van der Waals surface area contributed by atoms with Crippen molar-refractivity contribution in [1.82, 2.24) is 5.32 Å². The summed E-state index contributed by atoms with van der Waals surface area (Å²) in [6.45, 7) is 0.991. The van der Waals surface area contributed by atoms with Crippen molar-refractivity contribution < 1.29 is 19.4 Å². The van der Waals surface area contributed by atoms with Gasteiger partial charge in [0.1, 0.15) is 0 Å². The van der Waals surface area contributed by atoms with Crippen molar-refractivity contribution in [3.05, 3.63) is 0 Å². The average Bonchev–Trinajstić information content (AvgIpc) is 2.68. The van der Waals surface area contributed by atoms with Crippen LogP contribution in [0, 0.1) is 5.41 Å². The maximum Gasteiger partial charge on any atom is 0.311 e. The lowest BCUT2D eigenvalue weighted by Crippen LogP contribution is -2.47. The molecule has 1 aliphatic carbocycles. The molecule has 0 spiro atoms. The largest absolute Gasteiger partial charge is 0.481 e. The van der Waals surface area contributed by atoms with Gasteiger partial charge in [-0.25, -0.2) is 0 Å². The number of carbonyl (C=O) groups excluding carboxylic acids is 1. The quantitative estimate of drug-likeness (QED) is 0.750. The van der Waals surface area contributed by atoms with Gasteiger partial charge in [-0.3, -0.25) is 9.59 Å². The number of carboxylic acids is 1. The summed E-state index contributed by atoms with van der Waals surface area (Å²) in [6.07, 6.45) is 4.60. The van der Waals surface area contributed by atoms with E-state index in [0.717, 1.165) is 25.9 Å². The van der Waals surface area contributed by atoms with E-state index in [9.17, 15) is 9.59 Å². The van der Waals surface area contributed by atoms with Gasteiger partial charge in [0.25, 0.3) is 0 Å². The molecule has 1 saturated heterocycles. The summed E-state index contributed by atoms with van der Waals surface area (Å²) < 4.78 is 5.37. The molecule has 5 heteroatoms. The van der Waals surface area contributed by atoms with Crippen LogP contribution >= 0.6 is 0 Å². The summed E-state index contributed by atoms with van der Waals surface area (Å²) in [4.78, 5) is 22.7. The summed E-state index contributed by atoms with van der Waals surface area (Å²) in [5.74, 6) is -0.884. The maximum atomic E-state index is 11.6. The number of nitrogens with one attached hydrogen (secondary N) is 1. The molecule has 0 aromatic heterocycles. The number of carboxylic acid groups (broad SMARTS) is 1. The van der Waals surface area contributed by atoms with E-state index in [0.29, 0.717) is 19.3 Å². The molecule has 2 rings (SSSR count). The predicted molar refractivity (Wildman–Crippen MR) is 60.5 cm³/mol. The van der Waals surface area contributed by atoms with Crippen LogP contribution in [0.4, 0.5) is 0 Å². The van der Waals surface area contributed by atoms with Crippen LogP contribution in [0.1, 0.15) is 38.5 Å². The monoisotopic (exact) mass is 241 g/mol. The maximum absolute atomic E-state index is 11.6. The van der Waals surface area contributed by atoms with Crippen molar-refractivity contribution in [3.63, 3.8) is 0 Å². The van der Waals surface area contributed by atoms with Crippen molar-refractivity contribution in [2.24, 2.45) is 5.41 Å². The molecule has 0 aromatic rings. The first-order valence-electron chi connectivity index (χ1n) is 6.24. The van der Waals surface area contributed by atoms with Gasteiger partial charge in [-0.2, -0.15) is 0 Å². The highest BCUT2D eigenvalue weighted by molar-refractivity contribution is 5.79. The van der Waals surface area contributed by atoms with E-state index >= 15 is 0 Å². The van der Waals surface area contributed by atoms with Crippen LogP contribution < -0.4 is 5.32 Å². The Labute approximate surface area is 101 Å². The van der Waals surface area contributed by atoms with Gasteiger partial charge in [0.2, 0.25) is 5.91 Å². The summed E-state index contributed by atoms with van der Waals surface area (Å²) in [5, 5.41) is 11.8. The van der Waals surface area contributed by atoms with E-state index in [4.69, 9.17) is 9.84 Å². The van der Waals surface area contributed by atoms with Crippen LogP contribution in [0.2, 0.25) is 0 Å². The standard InChI is InChI=1S/C12H19NO4/c14-10(7-9-3-1-6-17-9)13-8-12(11(15)16)4-2-5-12/h9H,1-8H2,(H,13,14)(H,15,16). The molecular formula is C12H19NO4. The summed E-state index contributed by atoms with van der Waals surface area (Å²) >= 11 is 0. The van der Waals surface area contributed by atoms with Crippen molar-refractivity contribution in [3.8, 4) is 0 Å². The fourth-order valence-electron chi connectivity index (χ4n) is 2.42. The Morgan fingerprint density at radius 3 is 2.59 bits per heavy atom. The molecule has 2 fully saturated rings. The molecule has 0 bridgehead atoms. The van der Waals surface area contributed by atoms with Crippen LogP contribution in [0.25, 0.3) is 0 Å². The van der Waals surface area contributed by atoms with E-state index in [1.54, 1.807) is 0 Å². The number of amides is 1. The van der Waals surface area contributed by atoms with E-state index in [1.165, 1.54) is 0 Å². The smallest absolute Gasteiger partial charge is 0.311 e. The number of hydrogen-bond acceptors (Lipinski definition) is 3. The average molecular weight is 241 g/mol. The molecule has 1 amide bonds. The number of carbonyl (C=O) groups is 2. The Balaban J connectivity index is 1.73. The van der Waals surface area contributed by atoms with Gasteiger partial charge >= 0.3 is 5.97 Å². The molecule has 2 N–H and O–H groups in total. The molecule has 1 unspecified atom stereocenters. The van der Waals surface area contributed by atoms with E-state index < -0.39 is 11.4 Å². The van der Waals surface area contributed by atoms with Crippen molar-refractivity contribution in [1.29, 1.82) is 0 Å². The van der Waals surface area contributed by atoms with E-state index in [1.807, 2.05) is 0 Å². The second-order valence-corrected chi connectivity index (χ2v) is 5.05. The third kappa shape index (κ3) is 2.77. The second kappa shape index (κ2) is 5.04. The minimum atomic E-state index is -0.791. The minimum Gasteiger partial charge on any atom is -0.481 e. The molecule has 0 aromatic carbocycles. The molecule has 17 heavy (non-hydrogen) atoms. The van der Waals surface area contributed by atoms with Crippen molar-refractivity contribution >= 4 is 11.9 Å². The Morgan fingerprint density at radius 1 is 1.35 bits per heavy atom. The molecular weight excluding hydrogens is 222 g/mol. The van der Waals surface area contributed by atoms with Gasteiger partial charge in [-0.05, 0) is 25.7 Å². The normalized spacial score (nSPS) is 26.2. The summed E-state index contributed by atoms with van der Waals surface area (Å²) in [6, 6.07) is 0. The topological polar surface area (TPSA) is 75.6 Å². The van der Waals surface area contributed by atoms with Crippen LogP contribution in [-0.4, -0.2) is 36.2 Å². The first-order chi connectivity index (χ1) is 8.12. The van der Waals surface area contributed by atoms with Crippen LogP contribution in [0.3, 0.4) is 0 Å². The zero-order chi connectivity index (χ0) is 12.3. The minimum absolute atomic E-state index is 0.0252. The Morgan fingerprint density at radius 2 is 2.12 bits per heavy atom. The van der Waals surface area contributed by atoms with Gasteiger partial charge in [-0.1, -0.05) is 6.42 Å². The Hall–Kier alpha value is -1.10. The van der Waals surface area contributed by atoms with Crippen molar-refractivity contribution in [2.45, 2.75) is 44.6 Å². The number of ether oxygens (including phenoxy) is 1. The molecule has 1 saturated carbocycles. The SMILES string of the molecule is O=C(CC1CCCO1)NCC1(C(=O)O)CCC1. The second-order valence-electron chi connectivity index (χ2n) is 5.05. The zero-order valence-electron chi connectivity index (χ0n) is 9.91. The highest BCUT2D eigenvalue weighted by Crippen LogP contribution is 2.40. The van der Waals surface area contributed by atoms with Crippen molar-refractivity contribution in [2.75, 3.05) is 13.2 Å². The lowest BCUT2D eigenvalue weighted by Gasteiger charge is -2.37. The first kappa shape index (κ1) is 12.4. The fraction of sp³-hybridized carbons (Fsp3) is 0.833. The summed E-state index contributed by atoms with van der Waals surface area (Å²) in [5.41, 5.74) is -0.702. The van der Waals surface area contributed by atoms with E-state index in [2.05, 4.69) is 5.32 Å². The third-order valence-electron chi connectivity index (χ3n) is 3.83. The van der Waals surface area contributed by atoms with Gasteiger partial charge in [0.05, 0.1) is 17.9 Å². The molecule has 96 valence electrons. The molecule has 2 aliphatic rings. The highest BCUT2D eigenvalue weighted by atomic mass is 16.5. The molecule has 5 nitrogen and oxygen atoms in total. The first-order valence-corrected chi connectivity index (χ1v) is 6.24. The van der Waals surface area contributed by atoms with Gasteiger partial charge < -0.3 is 15.2 Å². The molecule has 1 aliphatic heterocycles. The Kier molecular flexibility index (Phi) is 3.66. The van der Waals surface area contributed by atoms with Crippen LogP contribution in [-0.2, 0) is 14.3 Å². The number of hydrogen-bond donors (Lipinski definition) is 2. The van der Waals surface area contributed by atoms with Crippen LogP contribution in [0.15, 0.2) is 0 Å².